The number of nitrogens with one attached hydrogen (secondary N) is 1. The minimum absolute atomic E-state index is 0.0124. The molecule has 51 heavy (non-hydrogen) atoms. The molecule has 3 rings (SSSR count). The Morgan fingerprint density at radius 1 is 0.824 bits per heavy atom. The quantitative estimate of drug-likeness (QED) is 0.136. The Kier molecular flexibility index (Phi) is 24.5. The van der Waals surface area contributed by atoms with Crippen LogP contribution < -0.4 is 10.1 Å². The van der Waals surface area contributed by atoms with Gasteiger partial charge in [0.2, 0.25) is 5.91 Å². The second-order valence-corrected chi connectivity index (χ2v) is 13.1. The zero-order valence-electron chi connectivity index (χ0n) is 32.5. The van der Waals surface area contributed by atoms with Gasteiger partial charge in [0.05, 0.1) is 12.2 Å². The summed E-state index contributed by atoms with van der Waals surface area (Å²) in [6.07, 6.45) is 5.31. The predicted molar refractivity (Wildman–Crippen MR) is 212 cm³/mol. The van der Waals surface area contributed by atoms with Gasteiger partial charge in [-0.25, -0.2) is 0 Å². The maximum absolute atomic E-state index is 13.3. The number of unbranched alkanes of at least 4 members (excludes halogenated alkanes) is 4. The molecule has 284 valence electrons. The highest BCUT2D eigenvalue weighted by Crippen LogP contribution is 2.39. The van der Waals surface area contributed by atoms with Crippen LogP contribution >= 0.6 is 12.6 Å². The number of hydrogen-bond acceptors (Lipinski definition) is 4. The van der Waals surface area contributed by atoms with Gasteiger partial charge in [-0.3, -0.25) is 4.79 Å². The third kappa shape index (κ3) is 20.2. The largest absolute Gasteiger partial charge is 0.493 e. The number of carbonyl (C=O) groups is 2. The highest BCUT2D eigenvalue weighted by molar-refractivity contribution is 7.80. The smallest absolute Gasteiger partial charge is 0.416 e. The molecule has 0 aliphatic carbocycles. The Labute approximate surface area is 312 Å². The number of hydrogen-bond donors (Lipinski definition) is 2. The maximum atomic E-state index is 13.3. The van der Waals surface area contributed by atoms with Crippen LogP contribution in [0, 0.1) is 6.92 Å². The van der Waals surface area contributed by atoms with Crippen LogP contribution in [0.25, 0.3) is 5.57 Å². The lowest BCUT2D eigenvalue weighted by Crippen LogP contribution is -2.20. The Bertz CT molecular complexity index is 1430. The molecule has 0 spiro atoms. The van der Waals surface area contributed by atoms with Crippen molar-refractivity contribution in [3.05, 3.63) is 101 Å². The highest BCUT2D eigenvalue weighted by atomic mass is 32.1. The lowest BCUT2D eigenvalue weighted by molar-refractivity contribution is -0.137. The summed E-state index contributed by atoms with van der Waals surface area (Å²) in [6, 6.07) is 20.2. The monoisotopic (exact) mass is 729 g/mol. The van der Waals surface area contributed by atoms with E-state index in [9.17, 15) is 22.8 Å². The number of benzene rings is 3. The van der Waals surface area contributed by atoms with Gasteiger partial charge in [0.1, 0.15) is 11.5 Å². The molecule has 0 bridgehead atoms. The fourth-order valence-electron chi connectivity index (χ4n) is 4.96. The molecule has 3 aromatic carbocycles. The predicted octanol–water partition coefficient (Wildman–Crippen LogP) is 12.8. The Morgan fingerprint density at radius 3 is 1.78 bits per heavy atom. The van der Waals surface area contributed by atoms with Crippen LogP contribution in [-0.2, 0) is 15.8 Å². The van der Waals surface area contributed by atoms with Crippen molar-refractivity contribution < 1.29 is 27.5 Å². The van der Waals surface area contributed by atoms with E-state index < -0.39 is 11.7 Å². The van der Waals surface area contributed by atoms with Crippen molar-refractivity contribution in [3.63, 3.8) is 0 Å². The summed E-state index contributed by atoms with van der Waals surface area (Å²) in [5.41, 5.74) is 4.33. The molecule has 2 unspecified atom stereocenters. The molecule has 0 saturated carbocycles. The van der Waals surface area contributed by atoms with Crippen molar-refractivity contribution in [1.29, 1.82) is 0 Å². The van der Waals surface area contributed by atoms with Gasteiger partial charge in [0.15, 0.2) is 0 Å². The number of halogens is 3. The lowest BCUT2D eigenvalue weighted by atomic mass is 9.81. The van der Waals surface area contributed by atoms with Crippen molar-refractivity contribution in [2.75, 3.05) is 13.2 Å². The summed E-state index contributed by atoms with van der Waals surface area (Å²) in [5, 5.41) is 2.66. The van der Waals surface area contributed by atoms with Crippen molar-refractivity contribution >= 4 is 29.9 Å². The number of ether oxygens (including phenoxy) is 1. The minimum Gasteiger partial charge on any atom is -0.493 e. The summed E-state index contributed by atoms with van der Waals surface area (Å²) >= 11 is 4.41. The number of allylic oxidation sites excluding steroid dienone is 2. The van der Waals surface area contributed by atoms with Gasteiger partial charge in [0, 0.05) is 29.3 Å². The van der Waals surface area contributed by atoms with Gasteiger partial charge in [-0.2, -0.15) is 13.2 Å². The molecule has 0 aromatic heterocycles. The number of alkyl halides is 3. The lowest BCUT2D eigenvalue weighted by Gasteiger charge is -2.24. The number of Topliss-reactive ketones (excluding diaryl/α,β-unsaturated/α-hetero) is 1. The van der Waals surface area contributed by atoms with Gasteiger partial charge < -0.3 is 14.8 Å². The number of aryl methyl sites for hydroxylation is 1. The molecule has 1 amide bonds. The van der Waals surface area contributed by atoms with Gasteiger partial charge in [-0.1, -0.05) is 114 Å². The van der Waals surface area contributed by atoms with E-state index in [1.54, 1.807) is 6.92 Å². The first-order valence-corrected chi connectivity index (χ1v) is 18.6. The van der Waals surface area contributed by atoms with E-state index >= 15 is 0 Å². The van der Waals surface area contributed by atoms with Gasteiger partial charge in [-0.15, -0.1) is 12.6 Å². The molecular weight excluding hydrogens is 668 g/mol. The Hall–Kier alpha value is -3.52. The van der Waals surface area contributed by atoms with Crippen molar-refractivity contribution in [1.82, 2.24) is 5.32 Å². The number of thiol groups is 1. The summed E-state index contributed by atoms with van der Waals surface area (Å²) < 4.78 is 45.4. The molecule has 0 radical (unpaired) electrons. The van der Waals surface area contributed by atoms with Gasteiger partial charge >= 0.3 is 6.18 Å². The van der Waals surface area contributed by atoms with E-state index in [1.807, 2.05) is 32.9 Å². The first kappa shape index (κ1) is 47.5. The summed E-state index contributed by atoms with van der Waals surface area (Å²) in [6.45, 7) is 20.2. The number of ketones is 1. The summed E-state index contributed by atoms with van der Waals surface area (Å²) in [5.74, 6) is 0.700. The molecule has 0 heterocycles. The summed E-state index contributed by atoms with van der Waals surface area (Å²) in [4.78, 5) is 20.6. The second-order valence-electron chi connectivity index (χ2n) is 12.6. The molecule has 8 heteroatoms. The van der Waals surface area contributed by atoms with E-state index in [2.05, 4.69) is 88.1 Å². The molecule has 2 atom stereocenters. The second kappa shape index (κ2) is 26.3. The van der Waals surface area contributed by atoms with Crippen LogP contribution in [0.5, 0.6) is 5.75 Å². The fourth-order valence-corrected chi connectivity index (χ4v) is 5.11. The van der Waals surface area contributed by atoms with E-state index in [0.717, 1.165) is 34.7 Å². The first-order chi connectivity index (χ1) is 24.0. The first-order valence-electron chi connectivity index (χ1n) is 18.2. The maximum Gasteiger partial charge on any atom is 0.416 e. The molecule has 4 nitrogen and oxygen atoms in total. The van der Waals surface area contributed by atoms with Crippen molar-refractivity contribution in [2.24, 2.45) is 0 Å². The summed E-state index contributed by atoms with van der Waals surface area (Å²) in [7, 11) is 0. The van der Waals surface area contributed by atoms with E-state index in [1.165, 1.54) is 63.1 Å². The van der Waals surface area contributed by atoms with Crippen LogP contribution in [0.15, 0.2) is 77.7 Å². The topological polar surface area (TPSA) is 55.4 Å². The van der Waals surface area contributed by atoms with E-state index in [4.69, 9.17) is 4.74 Å². The molecule has 0 aliphatic heterocycles. The van der Waals surface area contributed by atoms with Crippen LogP contribution in [-0.4, -0.2) is 24.8 Å². The van der Waals surface area contributed by atoms with E-state index in [0.29, 0.717) is 12.0 Å². The molecule has 0 aliphatic rings. The number of carbonyl (C=O) groups excluding carboxylic acids is 2. The third-order valence-corrected chi connectivity index (χ3v) is 8.08. The zero-order chi connectivity index (χ0) is 39.0. The normalized spacial score (nSPS) is 12.1. The number of amides is 1. The SMILES string of the molecule is CC(C)=O.CCCCCCC.CCNC(=O)CC.CCOc1cc(C(F)(F)F)ccc1/C(C)=C/C(c1ccc(S)cc1)C(C)c1ccc(C)cc1. The number of rotatable bonds is 13. The van der Waals surface area contributed by atoms with Crippen molar-refractivity contribution in [3.8, 4) is 5.75 Å². The van der Waals surface area contributed by atoms with Crippen molar-refractivity contribution in [2.45, 2.75) is 131 Å². The average molecular weight is 730 g/mol. The average Bonchev–Trinajstić information content (AvgIpc) is 3.08. The zero-order valence-corrected chi connectivity index (χ0v) is 33.4. The van der Waals surface area contributed by atoms with Crippen LogP contribution in [0.4, 0.5) is 13.2 Å². The molecular formula is C43H62F3NO3S. The van der Waals surface area contributed by atoms with E-state index in [-0.39, 0.29) is 35.9 Å². The fraction of sp³-hybridized carbons (Fsp3) is 0.488. The minimum atomic E-state index is -4.42. The van der Waals surface area contributed by atoms with Gasteiger partial charge in [-0.05, 0) is 88.4 Å². The van der Waals surface area contributed by atoms with Crippen LogP contribution in [0.2, 0.25) is 0 Å². The molecule has 0 fully saturated rings. The Balaban J connectivity index is 0.00000114. The molecule has 0 saturated heterocycles. The molecule has 1 N–H and O–H groups in total. The van der Waals surface area contributed by atoms with Crippen LogP contribution in [0.3, 0.4) is 0 Å². The van der Waals surface area contributed by atoms with Crippen LogP contribution in [0.1, 0.15) is 140 Å². The highest BCUT2D eigenvalue weighted by Gasteiger charge is 2.31. The Morgan fingerprint density at radius 2 is 1.35 bits per heavy atom. The third-order valence-electron chi connectivity index (χ3n) is 7.79. The molecule has 3 aromatic rings. The standard InChI is InChI=1S/C28H29F3OS.C7H16.C5H11NO.C3H6O/c1-5-32-27-17-23(28(29,30)31)12-15-25(27)19(3)16-26(22-10-13-24(33)14-11-22)20(4)21-8-6-18(2)7-9-21;1-3-5-7-6-4-2;1-3-5(7)6-4-2;1-3(2)4/h6-17,20,26,33H,5H2,1-4H3;3-7H2,1-2H3;3-4H2,1-2H3,(H,6,7);1-2H3/b19-16+;;;. The van der Waals surface area contributed by atoms with Gasteiger partial charge in [0.25, 0.3) is 0 Å².